The van der Waals surface area contributed by atoms with Gasteiger partial charge in [-0.1, -0.05) is 57.0 Å². The third kappa shape index (κ3) is 6.07. The van der Waals surface area contributed by atoms with E-state index in [4.69, 9.17) is 0 Å². The van der Waals surface area contributed by atoms with Gasteiger partial charge in [-0.3, -0.25) is 4.79 Å². The van der Waals surface area contributed by atoms with Gasteiger partial charge in [0, 0.05) is 32.6 Å². The number of hydrogen-bond donors (Lipinski definition) is 2. The molecule has 3 amide bonds. The van der Waals surface area contributed by atoms with E-state index in [9.17, 15) is 9.59 Å². The molecule has 0 radical (unpaired) electrons. The SMILES string of the molecule is CC1CCCC(NC(=O)NCCC(=O)N(C)Cc2ccccc2)C1C. The number of nitrogens with one attached hydrogen (secondary N) is 2. The minimum atomic E-state index is -0.163. The highest BCUT2D eigenvalue weighted by molar-refractivity contribution is 5.78. The van der Waals surface area contributed by atoms with Gasteiger partial charge in [0.05, 0.1) is 0 Å². The van der Waals surface area contributed by atoms with Gasteiger partial charge in [0.1, 0.15) is 0 Å². The molecular weight excluding hydrogens is 314 g/mol. The van der Waals surface area contributed by atoms with Crippen molar-refractivity contribution in [2.75, 3.05) is 13.6 Å². The minimum Gasteiger partial charge on any atom is -0.341 e. The summed E-state index contributed by atoms with van der Waals surface area (Å²) in [5, 5.41) is 5.88. The Morgan fingerprint density at radius 3 is 2.60 bits per heavy atom. The maximum absolute atomic E-state index is 12.2. The predicted octanol–water partition coefficient (Wildman–Crippen LogP) is 3.16. The highest BCUT2D eigenvalue weighted by Gasteiger charge is 2.28. The minimum absolute atomic E-state index is 0.0313. The second-order valence-corrected chi connectivity index (χ2v) is 7.26. The first-order valence-corrected chi connectivity index (χ1v) is 9.29. The monoisotopic (exact) mass is 345 g/mol. The molecule has 0 bridgehead atoms. The maximum Gasteiger partial charge on any atom is 0.315 e. The normalized spacial score (nSPS) is 22.9. The van der Waals surface area contributed by atoms with E-state index in [1.807, 2.05) is 30.3 Å². The highest BCUT2D eigenvalue weighted by Crippen LogP contribution is 2.29. The summed E-state index contributed by atoms with van der Waals surface area (Å²) < 4.78 is 0. The average Bonchev–Trinajstić information content (AvgIpc) is 2.59. The molecule has 0 spiro atoms. The van der Waals surface area contributed by atoms with Gasteiger partial charge in [0.15, 0.2) is 0 Å². The zero-order valence-corrected chi connectivity index (χ0v) is 15.6. The van der Waals surface area contributed by atoms with Crippen LogP contribution < -0.4 is 10.6 Å². The van der Waals surface area contributed by atoms with E-state index in [0.717, 1.165) is 12.0 Å². The fourth-order valence-corrected chi connectivity index (χ4v) is 3.42. The quantitative estimate of drug-likeness (QED) is 0.832. The van der Waals surface area contributed by atoms with Crippen LogP contribution in [-0.4, -0.2) is 36.5 Å². The number of urea groups is 1. The predicted molar refractivity (Wildman–Crippen MR) is 100 cm³/mol. The summed E-state index contributed by atoms with van der Waals surface area (Å²) in [6.45, 7) is 5.40. The van der Waals surface area contributed by atoms with Gasteiger partial charge in [0.2, 0.25) is 5.91 Å². The van der Waals surface area contributed by atoms with Gasteiger partial charge >= 0.3 is 6.03 Å². The summed E-state index contributed by atoms with van der Waals surface area (Å²) in [7, 11) is 1.79. The Labute approximate surface area is 151 Å². The summed E-state index contributed by atoms with van der Waals surface area (Å²) in [6.07, 6.45) is 3.76. The third-order valence-electron chi connectivity index (χ3n) is 5.34. The summed E-state index contributed by atoms with van der Waals surface area (Å²) in [6, 6.07) is 9.97. The molecule has 5 heteroatoms. The second-order valence-electron chi connectivity index (χ2n) is 7.26. The summed E-state index contributed by atoms with van der Waals surface area (Å²) >= 11 is 0. The highest BCUT2D eigenvalue weighted by atomic mass is 16.2. The third-order valence-corrected chi connectivity index (χ3v) is 5.34. The topological polar surface area (TPSA) is 61.4 Å². The first-order chi connectivity index (χ1) is 12.0. The average molecular weight is 345 g/mol. The molecule has 138 valence electrons. The molecule has 0 aliphatic heterocycles. The van der Waals surface area contributed by atoms with Gasteiger partial charge in [-0.05, 0) is 23.8 Å². The Morgan fingerprint density at radius 1 is 1.16 bits per heavy atom. The van der Waals surface area contributed by atoms with Crippen molar-refractivity contribution in [1.29, 1.82) is 0 Å². The molecular formula is C20H31N3O2. The van der Waals surface area contributed by atoms with E-state index >= 15 is 0 Å². The molecule has 0 heterocycles. The standard InChI is InChI=1S/C20H31N3O2/c1-15-8-7-11-18(16(15)2)22-20(25)21-13-12-19(24)23(3)14-17-9-5-4-6-10-17/h4-6,9-10,15-16,18H,7-8,11-14H2,1-3H3,(H2,21,22,25). The molecule has 3 atom stereocenters. The molecule has 5 nitrogen and oxygen atoms in total. The fraction of sp³-hybridized carbons (Fsp3) is 0.600. The van der Waals surface area contributed by atoms with Crippen molar-refractivity contribution < 1.29 is 9.59 Å². The zero-order chi connectivity index (χ0) is 18.2. The lowest BCUT2D eigenvalue weighted by molar-refractivity contribution is -0.130. The Bertz CT molecular complexity index is 561. The first-order valence-electron chi connectivity index (χ1n) is 9.29. The molecule has 1 aromatic carbocycles. The number of nitrogens with zero attached hydrogens (tertiary/aromatic N) is 1. The van der Waals surface area contributed by atoms with Crippen molar-refractivity contribution in [3.63, 3.8) is 0 Å². The van der Waals surface area contributed by atoms with Crippen molar-refractivity contribution in [2.24, 2.45) is 11.8 Å². The van der Waals surface area contributed by atoms with E-state index in [2.05, 4.69) is 24.5 Å². The zero-order valence-electron chi connectivity index (χ0n) is 15.6. The molecule has 2 N–H and O–H groups in total. The van der Waals surface area contributed by atoms with Gasteiger partial charge in [-0.15, -0.1) is 0 Å². The van der Waals surface area contributed by atoms with Crippen molar-refractivity contribution in [3.05, 3.63) is 35.9 Å². The molecule has 0 saturated heterocycles. The van der Waals surface area contributed by atoms with Crippen LogP contribution in [0.1, 0.15) is 45.1 Å². The molecule has 3 unspecified atom stereocenters. The summed E-state index contributed by atoms with van der Waals surface area (Å²) in [5.41, 5.74) is 1.10. The van der Waals surface area contributed by atoms with E-state index in [0.29, 0.717) is 31.3 Å². The van der Waals surface area contributed by atoms with Crippen LogP contribution in [0.25, 0.3) is 0 Å². The molecule has 25 heavy (non-hydrogen) atoms. The Balaban J connectivity index is 1.67. The number of hydrogen-bond acceptors (Lipinski definition) is 2. The van der Waals surface area contributed by atoms with E-state index in [-0.39, 0.29) is 18.0 Å². The number of carbonyl (C=O) groups is 2. The molecule has 2 rings (SSSR count). The second kappa shape index (κ2) is 9.44. The van der Waals surface area contributed by atoms with Crippen LogP contribution in [0.5, 0.6) is 0 Å². The van der Waals surface area contributed by atoms with Crippen LogP contribution in [0.15, 0.2) is 30.3 Å². The Morgan fingerprint density at radius 2 is 1.88 bits per heavy atom. The molecule has 1 saturated carbocycles. The lowest BCUT2D eigenvalue weighted by Crippen LogP contribution is -2.48. The lowest BCUT2D eigenvalue weighted by Gasteiger charge is -2.34. The number of benzene rings is 1. The van der Waals surface area contributed by atoms with Gasteiger partial charge in [-0.2, -0.15) is 0 Å². The fourth-order valence-electron chi connectivity index (χ4n) is 3.42. The van der Waals surface area contributed by atoms with Crippen LogP contribution in [0.4, 0.5) is 4.79 Å². The Kier molecular flexibility index (Phi) is 7.29. The van der Waals surface area contributed by atoms with Crippen molar-refractivity contribution in [1.82, 2.24) is 15.5 Å². The van der Waals surface area contributed by atoms with Crippen LogP contribution >= 0.6 is 0 Å². The van der Waals surface area contributed by atoms with Gasteiger partial charge < -0.3 is 15.5 Å². The summed E-state index contributed by atoms with van der Waals surface area (Å²) in [5.74, 6) is 1.18. The molecule has 1 aromatic rings. The van der Waals surface area contributed by atoms with Crippen LogP contribution in [0.3, 0.4) is 0 Å². The molecule has 1 fully saturated rings. The molecule has 1 aliphatic rings. The smallest absolute Gasteiger partial charge is 0.315 e. The lowest BCUT2D eigenvalue weighted by atomic mass is 9.78. The number of carbonyl (C=O) groups excluding carboxylic acids is 2. The first kappa shape index (κ1) is 19.3. The molecule has 0 aromatic heterocycles. The van der Waals surface area contributed by atoms with E-state index < -0.39 is 0 Å². The van der Waals surface area contributed by atoms with Crippen molar-refractivity contribution in [3.8, 4) is 0 Å². The Hall–Kier alpha value is -2.04. The van der Waals surface area contributed by atoms with E-state index in [1.54, 1.807) is 11.9 Å². The maximum atomic E-state index is 12.2. The van der Waals surface area contributed by atoms with Crippen molar-refractivity contribution >= 4 is 11.9 Å². The number of amides is 3. The largest absolute Gasteiger partial charge is 0.341 e. The molecule has 1 aliphatic carbocycles. The van der Waals surface area contributed by atoms with Crippen LogP contribution in [0, 0.1) is 11.8 Å². The van der Waals surface area contributed by atoms with E-state index in [1.165, 1.54) is 12.8 Å². The van der Waals surface area contributed by atoms with Crippen molar-refractivity contribution in [2.45, 2.75) is 52.1 Å². The number of rotatable bonds is 6. The van der Waals surface area contributed by atoms with Crippen LogP contribution in [-0.2, 0) is 11.3 Å². The van der Waals surface area contributed by atoms with Gasteiger partial charge in [-0.25, -0.2) is 4.79 Å². The van der Waals surface area contributed by atoms with Crippen LogP contribution in [0.2, 0.25) is 0 Å². The van der Waals surface area contributed by atoms with Gasteiger partial charge in [0.25, 0.3) is 0 Å². The summed E-state index contributed by atoms with van der Waals surface area (Å²) in [4.78, 5) is 25.9.